The van der Waals surface area contributed by atoms with Crippen LogP contribution in [-0.2, 0) is 0 Å². The van der Waals surface area contributed by atoms with E-state index in [2.05, 4.69) is 15.4 Å². The first-order chi connectivity index (χ1) is 16.4. The number of rotatable bonds is 4. The zero-order valence-corrected chi connectivity index (χ0v) is 18.1. The number of amides is 1. The molecule has 0 aliphatic heterocycles. The summed E-state index contributed by atoms with van der Waals surface area (Å²) in [7, 11) is 0. The Balaban J connectivity index is 1.46. The number of pyridine rings is 1. The van der Waals surface area contributed by atoms with Gasteiger partial charge >= 0.3 is 0 Å². The molecule has 0 atom stereocenters. The average molecular weight is 454 g/mol. The fourth-order valence-corrected chi connectivity index (χ4v) is 3.90. The van der Waals surface area contributed by atoms with Crippen LogP contribution in [0, 0.1) is 12.7 Å². The highest BCUT2D eigenvalue weighted by atomic mass is 19.1. The standard InChI is InChI=1S/C25H19FN6O2/c1-15-12-20(22-23(27)28-14-29-32(15)22)18-10-9-16(13-21(18)26)30-24(33)19-8-5-11-31(25(19)34)17-6-3-2-4-7-17/h2-14H,1H3,(H,30,33)(H2,27,28,29). The number of para-hydroxylation sites is 1. The molecule has 0 saturated heterocycles. The number of carbonyl (C=O) groups excluding carboxylic acids is 1. The smallest absolute Gasteiger partial charge is 0.267 e. The Morgan fingerprint density at radius 3 is 2.59 bits per heavy atom. The summed E-state index contributed by atoms with van der Waals surface area (Å²) in [6.45, 7) is 1.83. The zero-order valence-electron chi connectivity index (χ0n) is 18.1. The van der Waals surface area contributed by atoms with Gasteiger partial charge < -0.3 is 11.1 Å². The number of halogens is 1. The van der Waals surface area contributed by atoms with Crippen LogP contribution in [0.5, 0.6) is 0 Å². The average Bonchev–Trinajstić information content (AvgIpc) is 3.17. The van der Waals surface area contributed by atoms with Crippen LogP contribution in [-0.4, -0.2) is 25.1 Å². The van der Waals surface area contributed by atoms with Crippen molar-refractivity contribution >= 4 is 22.9 Å². The van der Waals surface area contributed by atoms with Gasteiger partial charge in [0.05, 0.1) is 0 Å². The number of fused-ring (bicyclic) bond motifs is 1. The lowest BCUT2D eigenvalue weighted by Crippen LogP contribution is -2.27. The molecule has 34 heavy (non-hydrogen) atoms. The summed E-state index contributed by atoms with van der Waals surface area (Å²) >= 11 is 0. The summed E-state index contributed by atoms with van der Waals surface area (Å²) in [5, 5.41) is 6.76. The summed E-state index contributed by atoms with van der Waals surface area (Å²) in [4.78, 5) is 29.7. The molecule has 3 aromatic heterocycles. The second-order valence-electron chi connectivity index (χ2n) is 7.69. The van der Waals surface area contributed by atoms with Gasteiger partial charge in [0.15, 0.2) is 5.82 Å². The topological polar surface area (TPSA) is 107 Å². The molecular formula is C25H19FN6O2. The van der Waals surface area contributed by atoms with Crippen molar-refractivity contribution in [3.8, 4) is 16.8 Å². The first kappa shape index (κ1) is 21.1. The maximum atomic E-state index is 15.1. The minimum atomic E-state index is -0.634. The molecule has 1 amide bonds. The molecule has 0 aliphatic carbocycles. The number of nitrogen functional groups attached to an aromatic ring is 1. The summed E-state index contributed by atoms with van der Waals surface area (Å²) in [5.41, 5.74) is 8.42. The lowest BCUT2D eigenvalue weighted by atomic mass is 10.1. The Morgan fingerprint density at radius 1 is 1.03 bits per heavy atom. The van der Waals surface area contributed by atoms with Crippen molar-refractivity contribution in [3.05, 3.63) is 107 Å². The Labute approximate surface area is 193 Å². The van der Waals surface area contributed by atoms with Crippen LogP contribution in [0.15, 0.2) is 84.0 Å². The van der Waals surface area contributed by atoms with Crippen molar-refractivity contribution < 1.29 is 9.18 Å². The molecule has 9 heteroatoms. The van der Waals surface area contributed by atoms with E-state index in [-0.39, 0.29) is 22.6 Å². The number of benzene rings is 2. The molecular weight excluding hydrogens is 435 g/mol. The third-order valence-electron chi connectivity index (χ3n) is 5.50. The molecule has 0 saturated carbocycles. The summed E-state index contributed by atoms with van der Waals surface area (Å²) in [6.07, 6.45) is 2.92. The normalized spacial score (nSPS) is 11.0. The van der Waals surface area contributed by atoms with E-state index in [4.69, 9.17) is 5.73 Å². The van der Waals surface area contributed by atoms with Gasteiger partial charge in [-0.15, -0.1) is 0 Å². The highest BCUT2D eigenvalue weighted by molar-refractivity contribution is 6.04. The predicted octanol–water partition coefficient (Wildman–Crippen LogP) is 3.83. The number of nitrogens with one attached hydrogen (secondary N) is 1. The van der Waals surface area contributed by atoms with E-state index < -0.39 is 17.3 Å². The number of hydrogen-bond acceptors (Lipinski definition) is 5. The highest BCUT2D eigenvalue weighted by Crippen LogP contribution is 2.33. The van der Waals surface area contributed by atoms with Crippen molar-refractivity contribution in [2.45, 2.75) is 6.92 Å². The van der Waals surface area contributed by atoms with Crippen molar-refractivity contribution in [2.24, 2.45) is 0 Å². The fourth-order valence-electron chi connectivity index (χ4n) is 3.90. The number of nitrogens with two attached hydrogens (primary N) is 1. The lowest BCUT2D eigenvalue weighted by molar-refractivity contribution is 0.102. The largest absolute Gasteiger partial charge is 0.382 e. The quantitative estimate of drug-likeness (QED) is 0.429. The van der Waals surface area contributed by atoms with Gasteiger partial charge in [-0.05, 0) is 55.5 Å². The maximum Gasteiger partial charge on any atom is 0.267 e. The molecule has 2 aromatic carbocycles. The number of aryl methyl sites for hydroxylation is 1. The molecule has 0 unspecified atom stereocenters. The molecule has 8 nitrogen and oxygen atoms in total. The van der Waals surface area contributed by atoms with Crippen LogP contribution in [0.1, 0.15) is 16.1 Å². The number of anilines is 2. The monoisotopic (exact) mass is 454 g/mol. The molecule has 0 bridgehead atoms. The molecule has 5 aromatic rings. The van der Waals surface area contributed by atoms with E-state index in [0.717, 1.165) is 5.69 Å². The van der Waals surface area contributed by atoms with E-state index in [9.17, 15) is 9.59 Å². The number of nitrogens with zero attached hydrogens (tertiary/aromatic N) is 4. The first-order valence-electron chi connectivity index (χ1n) is 10.4. The summed E-state index contributed by atoms with van der Waals surface area (Å²) in [5.74, 6) is -0.970. The zero-order chi connectivity index (χ0) is 23.8. The van der Waals surface area contributed by atoms with E-state index in [1.807, 2.05) is 13.0 Å². The van der Waals surface area contributed by atoms with Gasteiger partial charge in [-0.1, -0.05) is 18.2 Å². The molecule has 0 radical (unpaired) electrons. The number of carbonyl (C=O) groups is 1. The number of aromatic nitrogens is 4. The fraction of sp³-hybridized carbons (Fsp3) is 0.0400. The highest BCUT2D eigenvalue weighted by Gasteiger charge is 2.18. The molecule has 0 fully saturated rings. The lowest BCUT2D eigenvalue weighted by Gasteiger charge is -2.10. The van der Waals surface area contributed by atoms with Crippen LogP contribution in [0.25, 0.3) is 22.3 Å². The summed E-state index contributed by atoms with van der Waals surface area (Å²) < 4.78 is 18.1. The predicted molar refractivity (Wildman–Crippen MR) is 128 cm³/mol. The first-order valence-corrected chi connectivity index (χ1v) is 10.4. The van der Waals surface area contributed by atoms with Crippen LogP contribution in [0.3, 0.4) is 0 Å². The van der Waals surface area contributed by atoms with E-state index in [0.29, 0.717) is 16.8 Å². The van der Waals surface area contributed by atoms with Crippen LogP contribution < -0.4 is 16.6 Å². The minimum Gasteiger partial charge on any atom is -0.382 e. The Kier molecular flexibility index (Phi) is 5.14. The van der Waals surface area contributed by atoms with Gasteiger partial charge in [-0.25, -0.2) is 13.9 Å². The van der Waals surface area contributed by atoms with Crippen molar-refractivity contribution in [2.75, 3.05) is 11.1 Å². The van der Waals surface area contributed by atoms with Gasteiger partial charge in [0.1, 0.15) is 23.2 Å². The van der Waals surface area contributed by atoms with Gasteiger partial charge in [-0.2, -0.15) is 5.10 Å². The third kappa shape index (κ3) is 3.58. The second kappa shape index (κ2) is 8.28. The number of hydrogen-bond donors (Lipinski definition) is 2. The van der Waals surface area contributed by atoms with Gasteiger partial charge in [0.2, 0.25) is 0 Å². The Bertz CT molecular complexity index is 1610. The van der Waals surface area contributed by atoms with Crippen LogP contribution >= 0.6 is 0 Å². The van der Waals surface area contributed by atoms with E-state index >= 15 is 4.39 Å². The van der Waals surface area contributed by atoms with E-state index in [1.54, 1.807) is 59.2 Å². The van der Waals surface area contributed by atoms with Gasteiger partial charge in [0, 0.05) is 34.4 Å². The Morgan fingerprint density at radius 2 is 1.82 bits per heavy atom. The van der Waals surface area contributed by atoms with Crippen LogP contribution in [0.2, 0.25) is 0 Å². The van der Waals surface area contributed by atoms with E-state index in [1.165, 1.54) is 23.0 Å². The maximum absolute atomic E-state index is 15.1. The van der Waals surface area contributed by atoms with Crippen molar-refractivity contribution in [3.63, 3.8) is 0 Å². The molecule has 168 valence electrons. The van der Waals surface area contributed by atoms with Gasteiger partial charge in [0.25, 0.3) is 11.5 Å². The molecule has 0 aliphatic rings. The van der Waals surface area contributed by atoms with Gasteiger partial charge in [-0.3, -0.25) is 14.2 Å². The third-order valence-corrected chi connectivity index (χ3v) is 5.50. The molecule has 5 rings (SSSR count). The molecule has 0 spiro atoms. The minimum absolute atomic E-state index is 0.0604. The Hall–Kier alpha value is -4.79. The molecule has 3 N–H and O–H groups in total. The SMILES string of the molecule is Cc1cc(-c2ccc(NC(=O)c3cccn(-c4ccccc4)c3=O)cc2F)c2c(N)ncnn12. The van der Waals surface area contributed by atoms with Crippen LogP contribution in [0.4, 0.5) is 15.9 Å². The second-order valence-corrected chi connectivity index (χ2v) is 7.69. The summed E-state index contributed by atoms with van der Waals surface area (Å²) in [6, 6.07) is 18.1. The van der Waals surface area contributed by atoms with Crippen molar-refractivity contribution in [1.82, 2.24) is 19.2 Å². The van der Waals surface area contributed by atoms with Crippen molar-refractivity contribution in [1.29, 1.82) is 0 Å². The molecule has 3 heterocycles.